The van der Waals surface area contributed by atoms with E-state index >= 15 is 0 Å². The Balaban J connectivity index is 1.96. The van der Waals surface area contributed by atoms with E-state index < -0.39 is 0 Å². The Bertz CT molecular complexity index is 919. The fourth-order valence-corrected chi connectivity index (χ4v) is 3.41. The zero-order chi connectivity index (χ0) is 16.4. The minimum absolute atomic E-state index is 0.136. The number of anilines is 1. The van der Waals surface area contributed by atoms with Crippen molar-refractivity contribution >= 4 is 16.5 Å². The van der Waals surface area contributed by atoms with Crippen molar-refractivity contribution in [3.63, 3.8) is 0 Å². The molecule has 1 heteroatoms. The first kappa shape index (κ1) is 14.5. The van der Waals surface area contributed by atoms with Crippen LogP contribution in [0.1, 0.15) is 22.6 Å². The molecule has 4 aromatic carbocycles. The number of nitrogens with two attached hydrogens (primary N) is 1. The second-order valence-electron chi connectivity index (χ2n) is 6.04. The molecule has 0 aromatic heterocycles. The molecule has 0 unspecified atom stereocenters. The molecular weight excluding hydrogens is 290 g/mol. The lowest BCUT2D eigenvalue weighted by Crippen LogP contribution is -2.07. The van der Waals surface area contributed by atoms with Crippen molar-refractivity contribution in [1.82, 2.24) is 0 Å². The summed E-state index contributed by atoms with van der Waals surface area (Å²) in [6.45, 7) is 0. The van der Waals surface area contributed by atoms with Gasteiger partial charge in [-0.2, -0.15) is 0 Å². The topological polar surface area (TPSA) is 26.0 Å². The number of hydrogen-bond acceptors (Lipinski definition) is 1. The summed E-state index contributed by atoms with van der Waals surface area (Å²) < 4.78 is 0. The van der Waals surface area contributed by atoms with Crippen LogP contribution in [0, 0.1) is 0 Å². The molecule has 0 amide bonds. The summed E-state index contributed by atoms with van der Waals surface area (Å²) >= 11 is 0. The number of fused-ring (bicyclic) bond motifs is 1. The van der Waals surface area contributed by atoms with Crippen molar-refractivity contribution in [2.24, 2.45) is 0 Å². The summed E-state index contributed by atoms with van der Waals surface area (Å²) in [5, 5.41) is 2.30. The average molecular weight is 309 g/mol. The van der Waals surface area contributed by atoms with Crippen LogP contribution < -0.4 is 5.73 Å². The third-order valence-electron chi connectivity index (χ3n) is 4.58. The number of nitrogen functional groups attached to an aromatic ring is 1. The molecule has 0 spiro atoms. The summed E-state index contributed by atoms with van der Waals surface area (Å²) in [6, 6.07) is 33.8. The van der Waals surface area contributed by atoms with E-state index in [2.05, 4.69) is 84.9 Å². The van der Waals surface area contributed by atoms with E-state index in [1.54, 1.807) is 0 Å². The Morgan fingerprint density at radius 3 is 1.71 bits per heavy atom. The molecule has 0 saturated heterocycles. The molecule has 0 heterocycles. The maximum atomic E-state index is 6.59. The van der Waals surface area contributed by atoms with Gasteiger partial charge in [0.05, 0.1) is 0 Å². The Labute approximate surface area is 142 Å². The lowest BCUT2D eigenvalue weighted by atomic mass is 9.83. The first-order chi connectivity index (χ1) is 11.8. The highest BCUT2D eigenvalue weighted by Crippen LogP contribution is 2.37. The van der Waals surface area contributed by atoms with Gasteiger partial charge >= 0.3 is 0 Å². The van der Waals surface area contributed by atoms with Gasteiger partial charge in [-0.1, -0.05) is 97.1 Å². The smallest absolute Gasteiger partial charge is 0.0436 e. The fourth-order valence-electron chi connectivity index (χ4n) is 3.41. The van der Waals surface area contributed by atoms with Gasteiger partial charge < -0.3 is 5.73 Å². The van der Waals surface area contributed by atoms with Gasteiger partial charge in [0, 0.05) is 17.0 Å². The van der Waals surface area contributed by atoms with Crippen LogP contribution in [-0.4, -0.2) is 0 Å². The first-order valence-corrected chi connectivity index (χ1v) is 8.21. The molecule has 4 aromatic rings. The van der Waals surface area contributed by atoms with Crippen molar-refractivity contribution in [3.8, 4) is 0 Å². The predicted octanol–water partition coefficient (Wildman–Crippen LogP) is 5.60. The van der Waals surface area contributed by atoms with E-state index in [0.717, 1.165) is 16.6 Å². The largest absolute Gasteiger partial charge is 0.398 e. The van der Waals surface area contributed by atoms with Crippen molar-refractivity contribution < 1.29 is 0 Å². The lowest BCUT2D eigenvalue weighted by molar-refractivity contribution is 0.983. The molecule has 0 radical (unpaired) electrons. The Morgan fingerprint density at radius 2 is 1.08 bits per heavy atom. The van der Waals surface area contributed by atoms with E-state index in [9.17, 15) is 0 Å². The second-order valence-corrected chi connectivity index (χ2v) is 6.04. The van der Waals surface area contributed by atoms with Crippen LogP contribution in [0.3, 0.4) is 0 Å². The van der Waals surface area contributed by atoms with Crippen LogP contribution in [-0.2, 0) is 0 Å². The molecule has 0 bridgehead atoms. The summed E-state index contributed by atoms with van der Waals surface area (Å²) in [5.74, 6) is 0.136. The van der Waals surface area contributed by atoms with Gasteiger partial charge in [0.25, 0.3) is 0 Å². The minimum atomic E-state index is 0.136. The Kier molecular flexibility index (Phi) is 3.76. The molecule has 24 heavy (non-hydrogen) atoms. The highest BCUT2D eigenvalue weighted by molar-refractivity contribution is 5.95. The monoisotopic (exact) mass is 309 g/mol. The van der Waals surface area contributed by atoms with Gasteiger partial charge in [-0.15, -0.1) is 0 Å². The maximum absolute atomic E-state index is 6.59. The van der Waals surface area contributed by atoms with Gasteiger partial charge in [-0.05, 0) is 22.1 Å². The minimum Gasteiger partial charge on any atom is -0.398 e. The second kappa shape index (κ2) is 6.21. The first-order valence-electron chi connectivity index (χ1n) is 8.21. The van der Waals surface area contributed by atoms with E-state index in [0.29, 0.717) is 0 Å². The normalized spacial score (nSPS) is 11.0. The molecule has 0 aliphatic carbocycles. The fraction of sp³-hybridized carbons (Fsp3) is 0.0435. The molecule has 0 fully saturated rings. The number of hydrogen-bond donors (Lipinski definition) is 1. The zero-order valence-corrected chi connectivity index (χ0v) is 13.4. The quantitative estimate of drug-likeness (QED) is 0.387. The molecule has 0 aliphatic heterocycles. The molecule has 0 aliphatic rings. The maximum Gasteiger partial charge on any atom is 0.0436 e. The van der Waals surface area contributed by atoms with E-state index in [1.807, 2.05) is 12.1 Å². The molecule has 2 N–H and O–H groups in total. The van der Waals surface area contributed by atoms with Crippen LogP contribution >= 0.6 is 0 Å². The van der Waals surface area contributed by atoms with E-state index in [4.69, 9.17) is 5.73 Å². The zero-order valence-electron chi connectivity index (χ0n) is 13.4. The van der Waals surface area contributed by atoms with Crippen LogP contribution in [0.2, 0.25) is 0 Å². The van der Waals surface area contributed by atoms with Gasteiger partial charge in [0.2, 0.25) is 0 Å². The van der Waals surface area contributed by atoms with Crippen molar-refractivity contribution in [3.05, 3.63) is 114 Å². The third kappa shape index (κ3) is 2.55. The van der Waals surface area contributed by atoms with Gasteiger partial charge in [0.1, 0.15) is 0 Å². The third-order valence-corrected chi connectivity index (χ3v) is 4.58. The van der Waals surface area contributed by atoms with E-state index in [1.165, 1.54) is 16.5 Å². The van der Waals surface area contributed by atoms with Crippen LogP contribution in [0.15, 0.2) is 97.1 Å². The highest BCUT2D eigenvalue weighted by Gasteiger charge is 2.19. The molecule has 4 rings (SSSR count). The summed E-state index contributed by atoms with van der Waals surface area (Å²) in [5.41, 5.74) is 11.1. The average Bonchev–Trinajstić information content (AvgIpc) is 2.66. The van der Waals surface area contributed by atoms with Gasteiger partial charge in [-0.3, -0.25) is 0 Å². The SMILES string of the molecule is Nc1c(C(c2ccccc2)c2ccccc2)ccc2ccccc12. The molecule has 116 valence electrons. The van der Waals surface area contributed by atoms with Crippen LogP contribution in [0.5, 0.6) is 0 Å². The van der Waals surface area contributed by atoms with Crippen LogP contribution in [0.25, 0.3) is 10.8 Å². The van der Waals surface area contributed by atoms with Crippen molar-refractivity contribution in [2.45, 2.75) is 5.92 Å². The Hall–Kier alpha value is -3.06. The van der Waals surface area contributed by atoms with Crippen LogP contribution in [0.4, 0.5) is 5.69 Å². The Morgan fingerprint density at radius 1 is 0.542 bits per heavy atom. The highest BCUT2D eigenvalue weighted by atomic mass is 14.6. The number of rotatable bonds is 3. The van der Waals surface area contributed by atoms with Crippen molar-refractivity contribution in [2.75, 3.05) is 5.73 Å². The number of benzene rings is 4. The molecule has 0 atom stereocenters. The summed E-state index contributed by atoms with van der Waals surface area (Å²) in [7, 11) is 0. The lowest BCUT2D eigenvalue weighted by Gasteiger charge is -2.21. The predicted molar refractivity (Wildman–Crippen MR) is 102 cm³/mol. The van der Waals surface area contributed by atoms with Gasteiger partial charge in [0.15, 0.2) is 0 Å². The van der Waals surface area contributed by atoms with Gasteiger partial charge in [-0.25, -0.2) is 0 Å². The summed E-state index contributed by atoms with van der Waals surface area (Å²) in [6.07, 6.45) is 0. The molecule has 1 nitrogen and oxygen atoms in total. The summed E-state index contributed by atoms with van der Waals surface area (Å²) in [4.78, 5) is 0. The van der Waals surface area contributed by atoms with E-state index in [-0.39, 0.29) is 5.92 Å². The van der Waals surface area contributed by atoms with Crippen molar-refractivity contribution in [1.29, 1.82) is 0 Å². The molecular formula is C23H19N. The standard InChI is InChI=1S/C23H19N/c24-23-20-14-8-7-9-17(20)15-16-21(23)22(18-10-3-1-4-11-18)19-12-5-2-6-13-19/h1-16,22H,24H2. The molecule has 0 saturated carbocycles.